The number of nitrogens with zero attached hydrogens (tertiary/aromatic N) is 2. The first kappa shape index (κ1) is 27.6. The van der Waals surface area contributed by atoms with Gasteiger partial charge in [-0.25, -0.2) is 13.4 Å². The van der Waals surface area contributed by atoms with E-state index in [0.29, 0.717) is 39.9 Å². The topological polar surface area (TPSA) is 97.8 Å². The van der Waals surface area contributed by atoms with Crippen molar-refractivity contribution >= 4 is 48.7 Å². The third-order valence-corrected chi connectivity index (χ3v) is 8.41. The molecule has 8 nitrogen and oxygen atoms in total. The van der Waals surface area contributed by atoms with Crippen molar-refractivity contribution in [1.82, 2.24) is 9.29 Å². The fourth-order valence-corrected chi connectivity index (χ4v) is 6.09. The first-order chi connectivity index (χ1) is 17.3. The summed E-state index contributed by atoms with van der Waals surface area (Å²) in [6.07, 6.45) is 6.56. The molecule has 1 heterocycles. The summed E-state index contributed by atoms with van der Waals surface area (Å²) in [6, 6.07) is 10.3. The zero-order valence-corrected chi connectivity index (χ0v) is 22.7. The van der Waals surface area contributed by atoms with Crippen LogP contribution in [-0.4, -0.2) is 50.9 Å². The number of carbonyl (C=O) groups is 1. The van der Waals surface area contributed by atoms with Crippen molar-refractivity contribution < 1.29 is 22.7 Å². The predicted octanol–water partition coefficient (Wildman–Crippen LogP) is 5.56. The number of carbonyl (C=O) groups excluding carboxylic acids is 1. The number of unbranched alkanes of at least 4 members (excludes halogenated alkanes) is 2. The quantitative estimate of drug-likeness (QED) is 0.290. The first-order valence-corrected chi connectivity index (χ1v) is 14.2. The van der Waals surface area contributed by atoms with Crippen molar-refractivity contribution in [2.75, 3.05) is 32.6 Å². The van der Waals surface area contributed by atoms with Gasteiger partial charge < -0.3 is 9.47 Å². The maximum atomic E-state index is 13.3. The molecule has 1 amide bonds. The van der Waals surface area contributed by atoms with Gasteiger partial charge in [0.05, 0.1) is 29.3 Å². The Kier molecular flexibility index (Phi) is 9.86. The van der Waals surface area contributed by atoms with E-state index in [9.17, 15) is 13.2 Å². The second-order valence-corrected chi connectivity index (χ2v) is 11.2. The summed E-state index contributed by atoms with van der Waals surface area (Å²) >= 11 is 1.24. The molecule has 1 aromatic heterocycles. The highest BCUT2D eigenvalue weighted by molar-refractivity contribution is 7.89. The molecule has 1 N–H and O–H groups in total. The number of ether oxygens (including phenoxy) is 2. The SMILES string of the molecule is CCCCN(CCCC)S(=O)(=O)c1ccc2nc(NC(=O)C=Cc3ccc(OC)c(OC)c3)sc2c1. The van der Waals surface area contributed by atoms with Crippen LogP contribution in [-0.2, 0) is 14.8 Å². The molecule has 0 aliphatic heterocycles. The Hall–Kier alpha value is -2.95. The van der Waals surface area contributed by atoms with Crippen molar-refractivity contribution in [3.8, 4) is 11.5 Å². The van der Waals surface area contributed by atoms with Gasteiger partial charge >= 0.3 is 0 Å². The van der Waals surface area contributed by atoms with Crippen LogP contribution >= 0.6 is 11.3 Å². The van der Waals surface area contributed by atoms with E-state index in [1.807, 2.05) is 19.9 Å². The van der Waals surface area contributed by atoms with Crippen LogP contribution in [0.3, 0.4) is 0 Å². The standard InChI is InChI=1S/C26H33N3O5S2/c1-5-7-15-29(16-8-6-2)36(31,32)20-11-12-21-24(18-20)35-26(27-21)28-25(30)14-10-19-9-13-22(33-3)23(17-19)34-4/h9-14,17-18H,5-8,15-16H2,1-4H3,(H,27,28,30). The third-order valence-electron chi connectivity index (χ3n) is 5.58. The Balaban J connectivity index is 1.75. The molecule has 0 spiro atoms. The summed E-state index contributed by atoms with van der Waals surface area (Å²) in [5.74, 6) is 0.829. The molecule has 2 aromatic carbocycles. The van der Waals surface area contributed by atoms with E-state index in [4.69, 9.17) is 9.47 Å². The smallest absolute Gasteiger partial charge is 0.250 e. The van der Waals surface area contributed by atoms with Gasteiger partial charge in [-0.1, -0.05) is 44.1 Å². The van der Waals surface area contributed by atoms with Gasteiger partial charge in [0.2, 0.25) is 15.9 Å². The predicted molar refractivity (Wildman–Crippen MR) is 145 cm³/mol. The van der Waals surface area contributed by atoms with E-state index in [0.717, 1.165) is 31.2 Å². The van der Waals surface area contributed by atoms with Gasteiger partial charge in [0, 0.05) is 19.2 Å². The monoisotopic (exact) mass is 531 g/mol. The Bertz CT molecular complexity index is 1310. The minimum Gasteiger partial charge on any atom is -0.493 e. The summed E-state index contributed by atoms with van der Waals surface area (Å²) in [4.78, 5) is 17.1. The minimum absolute atomic E-state index is 0.247. The summed E-state index contributed by atoms with van der Waals surface area (Å²) in [5, 5.41) is 3.15. The number of hydrogen-bond donors (Lipinski definition) is 1. The molecule has 194 valence electrons. The number of rotatable bonds is 13. The van der Waals surface area contributed by atoms with Crippen LogP contribution in [0.15, 0.2) is 47.4 Å². The number of amides is 1. The number of nitrogens with one attached hydrogen (secondary N) is 1. The molecule has 0 saturated heterocycles. The van der Waals surface area contributed by atoms with Gasteiger partial charge in [0.25, 0.3) is 0 Å². The van der Waals surface area contributed by atoms with Crippen molar-refractivity contribution in [2.24, 2.45) is 0 Å². The molecule has 0 aliphatic rings. The van der Waals surface area contributed by atoms with Crippen LogP contribution in [0.25, 0.3) is 16.3 Å². The summed E-state index contributed by atoms with van der Waals surface area (Å²) in [7, 11) is -0.493. The largest absolute Gasteiger partial charge is 0.493 e. The number of anilines is 1. The summed E-state index contributed by atoms with van der Waals surface area (Å²) < 4.78 is 39.4. The Morgan fingerprint density at radius 3 is 2.36 bits per heavy atom. The number of hydrogen-bond acceptors (Lipinski definition) is 7. The fourth-order valence-electron chi connectivity index (χ4n) is 3.56. The number of aromatic nitrogens is 1. The van der Waals surface area contributed by atoms with E-state index >= 15 is 0 Å². The molecule has 0 bridgehead atoms. The molecule has 0 aliphatic carbocycles. The van der Waals surface area contributed by atoms with Crippen molar-refractivity contribution in [3.63, 3.8) is 0 Å². The molecule has 36 heavy (non-hydrogen) atoms. The van der Waals surface area contributed by atoms with Crippen molar-refractivity contribution in [2.45, 2.75) is 44.4 Å². The molecular weight excluding hydrogens is 498 g/mol. The van der Waals surface area contributed by atoms with Gasteiger partial charge in [-0.2, -0.15) is 4.31 Å². The van der Waals surface area contributed by atoms with Gasteiger partial charge in [0.1, 0.15) is 0 Å². The lowest BCUT2D eigenvalue weighted by Crippen LogP contribution is -2.33. The summed E-state index contributed by atoms with van der Waals surface area (Å²) in [5.41, 5.74) is 1.41. The van der Waals surface area contributed by atoms with Crippen LogP contribution in [0.2, 0.25) is 0 Å². The second kappa shape index (κ2) is 12.8. The highest BCUT2D eigenvalue weighted by Gasteiger charge is 2.24. The fraction of sp³-hybridized carbons (Fsp3) is 0.385. The minimum atomic E-state index is -3.61. The lowest BCUT2D eigenvalue weighted by Gasteiger charge is -2.21. The highest BCUT2D eigenvalue weighted by atomic mass is 32.2. The van der Waals surface area contributed by atoms with Crippen LogP contribution in [0.5, 0.6) is 11.5 Å². The maximum Gasteiger partial charge on any atom is 0.250 e. The van der Waals surface area contributed by atoms with E-state index < -0.39 is 10.0 Å². The number of thiazole rings is 1. The number of benzene rings is 2. The lowest BCUT2D eigenvalue weighted by atomic mass is 10.2. The zero-order valence-electron chi connectivity index (χ0n) is 21.1. The Labute approximate surface area is 217 Å². The van der Waals surface area contributed by atoms with Gasteiger partial charge in [-0.15, -0.1) is 0 Å². The Morgan fingerprint density at radius 1 is 1.03 bits per heavy atom. The molecule has 0 atom stereocenters. The molecule has 10 heteroatoms. The molecule has 0 radical (unpaired) electrons. The average molecular weight is 532 g/mol. The van der Waals surface area contributed by atoms with Crippen molar-refractivity contribution in [1.29, 1.82) is 0 Å². The van der Waals surface area contributed by atoms with Crippen LogP contribution in [0.1, 0.15) is 45.1 Å². The third kappa shape index (κ3) is 6.83. The highest BCUT2D eigenvalue weighted by Crippen LogP contribution is 2.30. The van der Waals surface area contributed by atoms with Gasteiger partial charge in [0.15, 0.2) is 16.6 Å². The van der Waals surface area contributed by atoms with E-state index in [1.54, 1.807) is 54.9 Å². The average Bonchev–Trinajstić information content (AvgIpc) is 3.28. The van der Waals surface area contributed by atoms with Crippen LogP contribution in [0, 0.1) is 0 Å². The van der Waals surface area contributed by atoms with E-state index in [1.165, 1.54) is 17.4 Å². The van der Waals surface area contributed by atoms with E-state index in [-0.39, 0.29) is 10.8 Å². The molecule has 0 fully saturated rings. The summed E-state index contributed by atoms with van der Waals surface area (Å²) in [6.45, 7) is 5.11. The van der Waals surface area contributed by atoms with Gasteiger partial charge in [-0.3, -0.25) is 10.1 Å². The lowest BCUT2D eigenvalue weighted by molar-refractivity contribution is -0.111. The second-order valence-electron chi connectivity index (χ2n) is 8.20. The maximum absolute atomic E-state index is 13.3. The molecule has 3 rings (SSSR count). The zero-order chi connectivity index (χ0) is 26.1. The molecule has 0 unspecified atom stereocenters. The number of methoxy groups -OCH3 is 2. The normalized spacial score (nSPS) is 11.9. The molecular formula is C26H33N3O5S2. The van der Waals surface area contributed by atoms with Crippen molar-refractivity contribution in [3.05, 3.63) is 48.0 Å². The Morgan fingerprint density at radius 2 is 1.72 bits per heavy atom. The first-order valence-electron chi connectivity index (χ1n) is 11.9. The number of sulfonamides is 1. The molecule has 0 saturated carbocycles. The van der Waals surface area contributed by atoms with Gasteiger partial charge in [-0.05, 0) is 54.8 Å². The molecule has 3 aromatic rings. The number of fused-ring (bicyclic) bond motifs is 1. The van der Waals surface area contributed by atoms with E-state index in [2.05, 4.69) is 10.3 Å². The van der Waals surface area contributed by atoms with Crippen LogP contribution in [0.4, 0.5) is 5.13 Å². The van der Waals surface area contributed by atoms with Crippen LogP contribution < -0.4 is 14.8 Å².